The van der Waals surface area contributed by atoms with Crippen LogP contribution >= 0.6 is 15.9 Å². The smallest absolute Gasteiger partial charge is 0.0159 e. The van der Waals surface area contributed by atoms with Gasteiger partial charge in [0.05, 0.1) is 0 Å². The summed E-state index contributed by atoms with van der Waals surface area (Å²) in [4.78, 5) is 2.41. The molecule has 0 aliphatic heterocycles. The molecular weight excluding hydrogens is 190 g/mol. The van der Waals surface area contributed by atoms with Crippen LogP contribution in [0.15, 0.2) is 0 Å². The first kappa shape index (κ1) is 10.4. The number of rotatable bonds is 5. The summed E-state index contributed by atoms with van der Waals surface area (Å²) in [5, 5.41) is 1.08. The molecule has 0 atom stereocenters. The van der Waals surface area contributed by atoms with Gasteiger partial charge in [-0.25, -0.2) is 0 Å². The first-order valence-corrected chi connectivity index (χ1v) is 5.14. The van der Waals surface area contributed by atoms with Crippen molar-refractivity contribution in [2.45, 2.75) is 32.7 Å². The third-order valence-electron chi connectivity index (χ3n) is 2.00. The minimum absolute atomic E-state index is 0.776. The Kier molecular flexibility index (Phi) is 6.44. The molecule has 0 saturated carbocycles. The molecule has 10 heavy (non-hydrogen) atoms. The van der Waals surface area contributed by atoms with Crippen molar-refractivity contribution in [3.8, 4) is 0 Å². The maximum Gasteiger partial charge on any atom is 0.0159 e. The lowest BCUT2D eigenvalue weighted by Crippen LogP contribution is -2.31. The highest BCUT2D eigenvalue weighted by molar-refractivity contribution is 9.09. The summed E-state index contributed by atoms with van der Waals surface area (Å²) in [5.74, 6) is 0. The second-order valence-electron chi connectivity index (χ2n) is 2.64. The minimum atomic E-state index is 0.776. The van der Waals surface area contributed by atoms with Crippen molar-refractivity contribution in [1.82, 2.24) is 4.90 Å². The topological polar surface area (TPSA) is 3.24 Å². The van der Waals surface area contributed by atoms with E-state index >= 15 is 0 Å². The fourth-order valence-electron chi connectivity index (χ4n) is 1.23. The van der Waals surface area contributed by atoms with Gasteiger partial charge in [-0.05, 0) is 19.9 Å². The predicted molar refractivity (Wildman–Crippen MR) is 50.8 cm³/mol. The third-order valence-corrected chi connectivity index (χ3v) is 2.36. The lowest BCUT2D eigenvalue weighted by Gasteiger charge is -2.24. The summed E-state index contributed by atoms with van der Waals surface area (Å²) in [7, 11) is 2.19. The largest absolute Gasteiger partial charge is 0.303 e. The molecule has 0 radical (unpaired) electrons. The molecule has 0 fully saturated rings. The maximum atomic E-state index is 3.43. The van der Waals surface area contributed by atoms with Gasteiger partial charge in [-0.1, -0.05) is 29.8 Å². The SMILES string of the molecule is CCC(CC)N(C)CCBr. The van der Waals surface area contributed by atoms with Crippen LogP contribution in [0.3, 0.4) is 0 Å². The Morgan fingerprint density at radius 1 is 1.30 bits per heavy atom. The van der Waals surface area contributed by atoms with Crippen molar-refractivity contribution < 1.29 is 0 Å². The average molecular weight is 208 g/mol. The van der Waals surface area contributed by atoms with Crippen LogP contribution in [0.1, 0.15) is 26.7 Å². The molecule has 0 amide bonds. The molecule has 0 aliphatic rings. The molecule has 0 N–H and O–H groups in total. The molecule has 62 valence electrons. The van der Waals surface area contributed by atoms with E-state index < -0.39 is 0 Å². The Bertz CT molecular complexity index is 71.7. The number of alkyl halides is 1. The van der Waals surface area contributed by atoms with Crippen molar-refractivity contribution in [3.05, 3.63) is 0 Å². The van der Waals surface area contributed by atoms with E-state index in [4.69, 9.17) is 0 Å². The fraction of sp³-hybridized carbons (Fsp3) is 1.00. The van der Waals surface area contributed by atoms with Crippen LogP contribution in [0.25, 0.3) is 0 Å². The summed E-state index contributed by atoms with van der Waals surface area (Å²) in [6.45, 7) is 5.66. The minimum Gasteiger partial charge on any atom is -0.303 e. The van der Waals surface area contributed by atoms with Gasteiger partial charge in [0.15, 0.2) is 0 Å². The standard InChI is InChI=1S/C8H18BrN/c1-4-8(5-2)10(3)7-6-9/h8H,4-7H2,1-3H3. The molecule has 0 aromatic heterocycles. The average Bonchev–Trinajstić information content (AvgIpc) is 1.91. The molecule has 0 aromatic rings. The van der Waals surface area contributed by atoms with Crippen molar-refractivity contribution >= 4 is 15.9 Å². The highest BCUT2D eigenvalue weighted by Gasteiger charge is 2.07. The van der Waals surface area contributed by atoms with Gasteiger partial charge in [-0.3, -0.25) is 0 Å². The Morgan fingerprint density at radius 2 is 1.80 bits per heavy atom. The zero-order valence-electron chi connectivity index (χ0n) is 7.23. The summed E-state index contributed by atoms with van der Waals surface area (Å²) < 4.78 is 0. The van der Waals surface area contributed by atoms with E-state index in [1.165, 1.54) is 12.8 Å². The van der Waals surface area contributed by atoms with Gasteiger partial charge < -0.3 is 4.90 Å². The van der Waals surface area contributed by atoms with Gasteiger partial charge in [0.1, 0.15) is 0 Å². The zero-order chi connectivity index (χ0) is 7.98. The van der Waals surface area contributed by atoms with Crippen LogP contribution in [0, 0.1) is 0 Å². The van der Waals surface area contributed by atoms with E-state index in [-0.39, 0.29) is 0 Å². The van der Waals surface area contributed by atoms with E-state index in [1.54, 1.807) is 0 Å². The molecule has 0 spiro atoms. The van der Waals surface area contributed by atoms with Gasteiger partial charge in [0, 0.05) is 17.9 Å². The lowest BCUT2D eigenvalue weighted by atomic mass is 10.1. The first-order chi connectivity index (χ1) is 4.76. The Labute approximate surface area is 72.9 Å². The van der Waals surface area contributed by atoms with E-state index in [0.717, 1.165) is 17.9 Å². The van der Waals surface area contributed by atoms with E-state index in [1.807, 2.05) is 0 Å². The van der Waals surface area contributed by atoms with Gasteiger partial charge in [-0.15, -0.1) is 0 Å². The fourth-order valence-corrected chi connectivity index (χ4v) is 1.79. The van der Waals surface area contributed by atoms with Crippen molar-refractivity contribution in [2.75, 3.05) is 18.9 Å². The van der Waals surface area contributed by atoms with Gasteiger partial charge >= 0.3 is 0 Å². The summed E-state index contributed by atoms with van der Waals surface area (Å²) >= 11 is 3.43. The summed E-state index contributed by atoms with van der Waals surface area (Å²) in [6.07, 6.45) is 2.53. The zero-order valence-corrected chi connectivity index (χ0v) is 8.82. The molecule has 0 rings (SSSR count). The van der Waals surface area contributed by atoms with Crippen LogP contribution in [0.2, 0.25) is 0 Å². The van der Waals surface area contributed by atoms with Gasteiger partial charge in [0.2, 0.25) is 0 Å². The lowest BCUT2D eigenvalue weighted by molar-refractivity contribution is 0.244. The molecule has 0 unspecified atom stereocenters. The van der Waals surface area contributed by atoms with Crippen LogP contribution in [0.4, 0.5) is 0 Å². The van der Waals surface area contributed by atoms with Crippen LogP contribution in [-0.2, 0) is 0 Å². The Balaban J connectivity index is 3.53. The van der Waals surface area contributed by atoms with E-state index in [9.17, 15) is 0 Å². The third kappa shape index (κ3) is 3.57. The first-order valence-electron chi connectivity index (χ1n) is 4.02. The van der Waals surface area contributed by atoms with Crippen LogP contribution in [-0.4, -0.2) is 29.9 Å². The second kappa shape index (κ2) is 6.17. The number of halogens is 1. The normalized spacial score (nSPS) is 11.4. The van der Waals surface area contributed by atoms with Crippen LogP contribution in [0.5, 0.6) is 0 Å². The molecule has 0 aromatic carbocycles. The quantitative estimate of drug-likeness (QED) is 0.627. The van der Waals surface area contributed by atoms with E-state index in [0.29, 0.717) is 0 Å². The Hall–Kier alpha value is 0.440. The molecule has 2 heteroatoms. The second-order valence-corrected chi connectivity index (χ2v) is 3.43. The maximum absolute atomic E-state index is 3.43. The van der Waals surface area contributed by atoms with Crippen molar-refractivity contribution in [1.29, 1.82) is 0 Å². The van der Waals surface area contributed by atoms with Crippen molar-refractivity contribution in [3.63, 3.8) is 0 Å². The number of hydrogen-bond donors (Lipinski definition) is 0. The molecule has 0 heterocycles. The molecule has 0 saturated heterocycles. The van der Waals surface area contributed by atoms with Gasteiger partial charge in [0.25, 0.3) is 0 Å². The molecular formula is C8H18BrN. The number of hydrogen-bond acceptors (Lipinski definition) is 1. The molecule has 0 aliphatic carbocycles. The molecule has 1 nitrogen and oxygen atoms in total. The summed E-state index contributed by atoms with van der Waals surface area (Å²) in [6, 6.07) is 0.776. The predicted octanol–water partition coefficient (Wildman–Crippen LogP) is 2.50. The Morgan fingerprint density at radius 3 is 2.10 bits per heavy atom. The van der Waals surface area contributed by atoms with Crippen molar-refractivity contribution in [2.24, 2.45) is 0 Å². The highest BCUT2D eigenvalue weighted by Crippen LogP contribution is 2.05. The van der Waals surface area contributed by atoms with E-state index in [2.05, 4.69) is 41.7 Å². The highest BCUT2D eigenvalue weighted by atomic mass is 79.9. The molecule has 0 bridgehead atoms. The monoisotopic (exact) mass is 207 g/mol. The number of nitrogens with zero attached hydrogens (tertiary/aromatic N) is 1. The van der Waals surface area contributed by atoms with Gasteiger partial charge in [-0.2, -0.15) is 0 Å². The summed E-state index contributed by atoms with van der Waals surface area (Å²) in [5.41, 5.74) is 0. The van der Waals surface area contributed by atoms with Crippen LogP contribution < -0.4 is 0 Å².